The van der Waals surface area contributed by atoms with Crippen molar-refractivity contribution < 1.29 is 17.9 Å². The van der Waals surface area contributed by atoms with Gasteiger partial charge in [-0.1, -0.05) is 0 Å². The Balaban J connectivity index is 2.30. The third kappa shape index (κ3) is 6.41. The smallest absolute Gasteiger partial charge is 0.250 e. The predicted octanol–water partition coefficient (Wildman–Crippen LogP) is 1.24. The molecule has 8 heteroatoms. The highest BCUT2D eigenvalue weighted by Crippen LogP contribution is 2.25. The molecule has 1 rings (SSSR count). The molecule has 0 aromatic carbocycles. The van der Waals surface area contributed by atoms with Crippen molar-refractivity contribution in [2.24, 2.45) is 5.73 Å². The highest BCUT2D eigenvalue weighted by atomic mass is 32.2. The molecule has 0 aliphatic rings. The van der Waals surface area contributed by atoms with Gasteiger partial charge in [-0.25, -0.2) is 13.1 Å². The Hall–Kier alpha value is -0.510. The van der Waals surface area contributed by atoms with Crippen molar-refractivity contribution >= 4 is 21.4 Å². The van der Waals surface area contributed by atoms with Crippen LogP contribution in [0.15, 0.2) is 10.3 Å². The zero-order valence-corrected chi connectivity index (χ0v) is 14.2. The van der Waals surface area contributed by atoms with E-state index in [2.05, 4.69) is 4.72 Å². The van der Waals surface area contributed by atoms with Crippen LogP contribution in [0.3, 0.4) is 0 Å². The summed E-state index contributed by atoms with van der Waals surface area (Å²) < 4.78 is 37.3. The summed E-state index contributed by atoms with van der Waals surface area (Å²) in [5.74, 6) is 0. The van der Waals surface area contributed by atoms with E-state index in [1.807, 2.05) is 6.92 Å². The summed E-state index contributed by atoms with van der Waals surface area (Å²) in [6, 6.07) is 1.67. The highest BCUT2D eigenvalue weighted by molar-refractivity contribution is 7.91. The molecule has 1 aromatic heterocycles. The first-order chi connectivity index (χ1) is 10.0. The summed E-state index contributed by atoms with van der Waals surface area (Å²) in [5.41, 5.74) is 6.49. The fourth-order valence-electron chi connectivity index (χ4n) is 1.67. The third-order valence-corrected chi connectivity index (χ3v) is 6.08. The van der Waals surface area contributed by atoms with Gasteiger partial charge in [-0.3, -0.25) is 0 Å². The molecule has 0 aliphatic heterocycles. The van der Waals surface area contributed by atoms with Crippen LogP contribution in [0.4, 0.5) is 0 Å². The predicted molar refractivity (Wildman–Crippen MR) is 84.1 cm³/mol. The van der Waals surface area contributed by atoms with Crippen molar-refractivity contribution in [3.8, 4) is 0 Å². The van der Waals surface area contributed by atoms with E-state index in [-0.39, 0.29) is 0 Å². The summed E-state index contributed by atoms with van der Waals surface area (Å²) in [6.45, 7) is 4.40. The van der Waals surface area contributed by atoms with E-state index in [0.717, 1.165) is 23.3 Å². The van der Waals surface area contributed by atoms with Crippen LogP contribution in [-0.2, 0) is 26.0 Å². The molecular formula is C13H24N2O4S2. The molecule has 1 aromatic rings. The Labute approximate surface area is 130 Å². The number of hydrogen-bond donors (Lipinski definition) is 2. The largest absolute Gasteiger partial charge is 0.382 e. The van der Waals surface area contributed by atoms with E-state index in [1.54, 1.807) is 13.2 Å². The molecule has 0 amide bonds. The number of rotatable bonds is 11. The molecule has 122 valence electrons. The van der Waals surface area contributed by atoms with Crippen molar-refractivity contribution in [3.05, 3.63) is 16.5 Å². The zero-order chi connectivity index (χ0) is 15.7. The van der Waals surface area contributed by atoms with Crippen molar-refractivity contribution in [2.45, 2.75) is 30.5 Å². The lowest BCUT2D eigenvalue weighted by atomic mass is 10.3. The maximum absolute atomic E-state index is 12.1. The Morgan fingerprint density at radius 3 is 2.67 bits per heavy atom. The van der Waals surface area contributed by atoms with Crippen LogP contribution in [-0.4, -0.2) is 41.9 Å². The van der Waals surface area contributed by atoms with E-state index >= 15 is 0 Å². The molecule has 0 bridgehead atoms. The average molecular weight is 336 g/mol. The maximum Gasteiger partial charge on any atom is 0.250 e. The van der Waals surface area contributed by atoms with Gasteiger partial charge in [0.25, 0.3) is 0 Å². The lowest BCUT2D eigenvalue weighted by molar-refractivity contribution is 0.0689. The van der Waals surface area contributed by atoms with Gasteiger partial charge in [-0.15, -0.1) is 11.3 Å². The summed E-state index contributed by atoms with van der Waals surface area (Å²) >= 11 is 1.23. The van der Waals surface area contributed by atoms with E-state index in [4.69, 9.17) is 15.2 Å². The minimum Gasteiger partial charge on any atom is -0.382 e. The number of hydrogen-bond acceptors (Lipinski definition) is 6. The molecular weight excluding hydrogens is 312 g/mol. The average Bonchev–Trinajstić information content (AvgIpc) is 2.84. The normalized spacial score (nSPS) is 12.0. The van der Waals surface area contributed by atoms with Crippen molar-refractivity contribution in [1.29, 1.82) is 0 Å². The number of nitrogens with two attached hydrogens (primary N) is 1. The topological polar surface area (TPSA) is 90.6 Å². The fraction of sp³-hybridized carbons (Fsp3) is 0.692. The molecule has 0 aliphatic carbocycles. The van der Waals surface area contributed by atoms with Crippen molar-refractivity contribution in [3.63, 3.8) is 0 Å². The SMILES string of the molecule is COCCOCCCCNS(=O)(=O)c1cc(C)c(CN)s1. The Kier molecular flexibility index (Phi) is 8.38. The van der Waals surface area contributed by atoms with Gasteiger partial charge in [0, 0.05) is 31.7 Å². The van der Waals surface area contributed by atoms with E-state index in [1.165, 1.54) is 11.3 Å². The van der Waals surface area contributed by atoms with Gasteiger partial charge in [0.15, 0.2) is 0 Å². The lowest BCUT2D eigenvalue weighted by Gasteiger charge is -2.05. The Bertz CT molecular complexity index is 514. The number of unbranched alkanes of at least 4 members (excludes halogenated alkanes) is 1. The third-order valence-electron chi connectivity index (χ3n) is 2.89. The zero-order valence-electron chi connectivity index (χ0n) is 12.6. The summed E-state index contributed by atoms with van der Waals surface area (Å²) in [7, 11) is -1.80. The second kappa shape index (κ2) is 9.50. The number of aryl methyl sites for hydroxylation is 1. The van der Waals surface area contributed by atoms with Crippen LogP contribution >= 0.6 is 11.3 Å². The van der Waals surface area contributed by atoms with E-state index < -0.39 is 10.0 Å². The van der Waals surface area contributed by atoms with Gasteiger partial charge in [0.1, 0.15) is 4.21 Å². The van der Waals surface area contributed by atoms with Crippen LogP contribution in [0.2, 0.25) is 0 Å². The molecule has 1 heterocycles. The van der Waals surface area contributed by atoms with Crippen LogP contribution in [0.25, 0.3) is 0 Å². The summed E-state index contributed by atoms with van der Waals surface area (Å²) in [5, 5.41) is 0. The second-order valence-corrected chi connectivity index (χ2v) is 7.72. The van der Waals surface area contributed by atoms with Gasteiger partial charge in [-0.2, -0.15) is 0 Å². The number of methoxy groups -OCH3 is 1. The van der Waals surface area contributed by atoms with Gasteiger partial charge in [0.05, 0.1) is 13.2 Å². The molecule has 0 radical (unpaired) electrons. The highest BCUT2D eigenvalue weighted by Gasteiger charge is 2.17. The molecule has 0 saturated heterocycles. The molecule has 0 spiro atoms. The first-order valence-corrected chi connectivity index (χ1v) is 9.17. The minimum absolute atomic E-state index is 0.330. The molecule has 0 saturated carbocycles. The Morgan fingerprint density at radius 1 is 1.29 bits per heavy atom. The van der Waals surface area contributed by atoms with Crippen LogP contribution in [0, 0.1) is 6.92 Å². The fourth-order valence-corrected chi connectivity index (χ4v) is 4.26. The minimum atomic E-state index is -3.42. The molecule has 21 heavy (non-hydrogen) atoms. The first kappa shape index (κ1) is 18.5. The van der Waals surface area contributed by atoms with Crippen molar-refractivity contribution in [2.75, 3.05) is 33.5 Å². The number of ether oxygens (including phenoxy) is 2. The van der Waals surface area contributed by atoms with Gasteiger partial charge < -0.3 is 15.2 Å². The quantitative estimate of drug-likeness (QED) is 0.593. The lowest BCUT2D eigenvalue weighted by Crippen LogP contribution is -2.24. The molecule has 6 nitrogen and oxygen atoms in total. The second-order valence-electron chi connectivity index (χ2n) is 4.59. The van der Waals surface area contributed by atoms with Crippen molar-refractivity contribution in [1.82, 2.24) is 4.72 Å². The van der Waals surface area contributed by atoms with Crippen LogP contribution in [0.5, 0.6) is 0 Å². The molecule has 0 unspecified atom stereocenters. The molecule has 3 N–H and O–H groups in total. The standard InChI is InChI=1S/C13H24N2O4S2/c1-11-9-13(20-12(11)10-14)21(16,17)15-5-3-4-6-19-8-7-18-2/h9,15H,3-8,10,14H2,1-2H3. The summed E-state index contributed by atoms with van der Waals surface area (Å²) in [4.78, 5) is 0.905. The van der Waals surface area contributed by atoms with Crippen LogP contribution in [0.1, 0.15) is 23.3 Å². The Morgan fingerprint density at radius 2 is 2.05 bits per heavy atom. The first-order valence-electron chi connectivity index (χ1n) is 6.87. The summed E-state index contributed by atoms with van der Waals surface area (Å²) in [6.07, 6.45) is 1.55. The van der Waals surface area contributed by atoms with Gasteiger partial charge in [0.2, 0.25) is 10.0 Å². The maximum atomic E-state index is 12.1. The van der Waals surface area contributed by atoms with Crippen LogP contribution < -0.4 is 10.5 Å². The monoisotopic (exact) mass is 336 g/mol. The molecule has 0 fully saturated rings. The number of nitrogens with one attached hydrogen (secondary N) is 1. The number of thiophene rings is 1. The molecule has 0 atom stereocenters. The van der Waals surface area contributed by atoms with E-state index in [0.29, 0.717) is 37.1 Å². The van der Waals surface area contributed by atoms with Gasteiger partial charge >= 0.3 is 0 Å². The van der Waals surface area contributed by atoms with E-state index in [9.17, 15) is 8.42 Å². The van der Waals surface area contributed by atoms with Gasteiger partial charge in [-0.05, 0) is 31.4 Å². The number of sulfonamides is 1.